The molecule has 2 saturated carbocycles. The molecule has 8 nitrogen and oxygen atoms in total. The van der Waals surface area contributed by atoms with Gasteiger partial charge in [0, 0.05) is 33.1 Å². The number of aromatic amines is 2. The van der Waals surface area contributed by atoms with Crippen LogP contribution in [0.3, 0.4) is 0 Å². The fourth-order valence-electron chi connectivity index (χ4n) is 7.07. The number of H-pyrrole nitrogens is 2. The van der Waals surface area contributed by atoms with E-state index >= 15 is 0 Å². The van der Waals surface area contributed by atoms with Gasteiger partial charge in [0.25, 0.3) is 0 Å². The van der Waals surface area contributed by atoms with Crippen LogP contribution in [0.4, 0.5) is 0 Å². The van der Waals surface area contributed by atoms with Gasteiger partial charge >= 0.3 is 10.8 Å². The molecule has 3 aromatic rings. The second kappa shape index (κ2) is 6.60. The lowest BCUT2D eigenvalue weighted by molar-refractivity contribution is -0.149. The minimum Gasteiger partial charge on any atom is -0.480 e. The number of carboxylic acid groups (broad SMARTS) is 1. The Morgan fingerprint density at radius 2 is 1.88 bits per heavy atom. The van der Waals surface area contributed by atoms with Crippen molar-refractivity contribution in [3.8, 4) is 0 Å². The van der Waals surface area contributed by atoms with Crippen molar-refractivity contribution in [3.05, 3.63) is 50.6 Å². The van der Waals surface area contributed by atoms with Crippen LogP contribution in [0, 0.1) is 29.6 Å². The number of hydrogen-bond acceptors (Lipinski definition) is 6. The third kappa shape index (κ3) is 2.48. The number of fused-ring (bicyclic) bond motifs is 10. The van der Waals surface area contributed by atoms with Crippen LogP contribution in [0.25, 0.3) is 10.9 Å². The number of carboxylic acids is 1. The zero-order valence-corrected chi connectivity index (χ0v) is 18.8. The van der Waals surface area contributed by atoms with Crippen molar-refractivity contribution in [1.82, 2.24) is 14.9 Å². The monoisotopic (exact) mass is 481 g/mol. The summed E-state index contributed by atoms with van der Waals surface area (Å²) >= 11 is 2.86. The van der Waals surface area contributed by atoms with Crippen LogP contribution in [0.5, 0.6) is 0 Å². The van der Waals surface area contributed by atoms with Crippen molar-refractivity contribution in [1.29, 1.82) is 0 Å². The van der Waals surface area contributed by atoms with Gasteiger partial charge in [0.1, 0.15) is 6.54 Å². The normalized spacial score (nSPS) is 34.1. The first-order valence-electron chi connectivity index (χ1n) is 11.0. The predicted octanol–water partition coefficient (Wildman–Crippen LogP) is 2.48. The van der Waals surface area contributed by atoms with Crippen LogP contribution in [-0.4, -0.2) is 49.6 Å². The molecule has 4 heterocycles. The summed E-state index contributed by atoms with van der Waals surface area (Å²) in [4.78, 5) is 58.2. The highest BCUT2D eigenvalue weighted by Gasteiger charge is 2.69. The number of rotatable bonds is 3. The Hall–Kier alpha value is -2.85. The quantitative estimate of drug-likeness (QED) is 0.494. The molecule has 2 aliphatic carbocycles. The Morgan fingerprint density at radius 1 is 1.12 bits per heavy atom. The summed E-state index contributed by atoms with van der Waals surface area (Å²) in [6.45, 7) is -0.570. The van der Waals surface area contributed by atoms with Gasteiger partial charge in [-0.25, -0.2) is 0 Å². The minimum absolute atomic E-state index is 0.00509. The van der Waals surface area contributed by atoms with Crippen molar-refractivity contribution in [2.75, 3.05) is 6.54 Å². The number of benzene rings is 1. The van der Waals surface area contributed by atoms with Gasteiger partial charge in [-0.2, -0.15) is 0 Å². The zero-order valence-electron chi connectivity index (χ0n) is 17.2. The van der Waals surface area contributed by atoms with E-state index in [0.29, 0.717) is 0 Å². The Labute approximate surface area is 195 Å². The molecule has 4 aliphatic rings. The van der Waals surface area contributed by atoms with Crippen molar-refractivity contribution in [3.63, 3.8) is 0 Å². The second-order valence-corrected chi connectivity index (χ2v) is 11.6. The number of likely N-dealkylation sites (tertiary alicyclic amines) is 1. The number of para-hydroxylation sites is 1. The number of thiazole rings is 1. The van der Waals surface area contributed by atoms with Crippen molar-refractivity contribution < 1.29 is 19.5 Å². The molecule has 0 unspecified atom stereocenters. The summed E-state index contributed by atoms with van der Waals surface area (Å²) in [5.74, 6) is -2.75. The Balaban J connectivity index is 1.38. The average Bonchev–Trinajstić information content (AvgIpc) is 3.57. The lowest BCUT2D eigenvalue weighted by Gasteiger charge is -2.42. The van der Waals surface area contributed by atoms with E-state index in [-0.39, 0.29) is 45.6 Å². The number of imide groups is 1. The number of hydrogen-bond donors (Lipinski definition) is 3. The molecule has 2 aliphatic heterocycles. The number of nitrogens with zero attached hydrogens (tertiary/aromatic N) is 1. The minimum atomic E-state index is -1.17. The maximum Gasteiger partial charge on any atom is 0.323 e. The van der Waals surface area contributed by atoms with Crippen LogP contribution in [0.15, 0.2) is 40.3 Å². The molecule has 2 aromatic heterocycles. The van der Waals surface area contributed by atoms with Crippen LogP contribution in [-0.2, 0) is 14.4 Å². The number of nitrogens with one attached hydrogen (secondary N) is 2. The van der Waals surface area contributed by atoms with Gasteiger partial charge in [-0.05, 0) is 35.8 Å². The van der Waals surface area contributed by atoms with E-state index in [0.717, 1.165) is 37.7 Å². The Kier molecular flexibility index (Phi) is 3.92. The molecule has 1 aromatic carbocycles. The first-order chi connectivity index (χ1) is 15.9. The van der Waals surface area contributed by atoms with Crippen LogP contribution in [0.2, 0.25) is 0 Å². The number of amides is 2. The molecule has 3 fully saturated rings. The molecule has 10 heteroatoms. The second-order valence-electron chi connectivity index (χ2n) is 9.41. The molecular weight excluding hydrogens is 462 g/mol. The number of carbonyl (C=O) groups is 3. The number of aromatic nitrogens is 2. The molecule has 1 saturated heterocycles. The van der Waals surface area contributed by atoms with E-state index in [2.05, 4.69) is 16.0 Å². The van der Waals surface area contributed by atoms with Gasteiger partial charge in [-0.1, -0.05) is 29.5 Å². The molecule has 3 N–H and O–H groups in total. The molecule has 7 atom stereocenters. The third-order valence-corrected chi connectivity index (χ3v) is 10.7. The van der Waals surface area contributed by atoms with Gasteiger partial charge in [0.15, 0.2) is 0 Å². The summed E-state index contributed by atoms with van der Waals surface area (Å²) in [7, 11) is 0. The van der Waals surface area contributed by atoms with E-state index in [1.54, 1.807) is 11.8 Å². The standard InChI is InChI=1S/C23H19N3O5S2/c27-13(28)7-26-21(29)16-9-5-10(17(16)22(26)30)18-14(9)15(19-20(32-18)25-23(31)33-19)11-6-24-12-4-2-1-3-8(11)12/h1-4,6,9-10,14-18,24H,5,7H2,(H,25,31)(H,27,28)/t9-,10+,14+,15-,16+,17+,18-/m0/s1. The molecule has 33 heavy (non-hydrogen) atoms. The van der Waals surface area contributed by atoms with Crippen molar-refractivity contribution >= 4 is 51.8 Å². The maximum atomic E-state index is 13.2. The summed E-state index contributed by atoms with van der Waals surface area (Å²) in [6, 6.07) is 8.06. The lowest BCUT2D eigenvalue weighted by Crippen LogP contribution is -2.42. The molecule has 2 amide bonds. The van der Waals surface area contributed by atoms with Crippen molar-refractivity contribution in [2.45, 2.75) is 22.6 Å². The first-order valence-corrected chi connectivity index (χ1v) is 12.7. The molecule has 0 spiro atoms. The molecule has 7 rings (SSSR count). The lowest BCUT2D eigenvalue weighted by atomic mass is 9.68. The summed E-state index contributed by atoms with van der Waals surface area (Å²) in [5.41, 5.74) is 2.13. The number of aliphatic carboxylic acids is 1. The Bertz CT molecular complexity index is 1420. The predicted molar refractivity (Wildman–Crippen MR) is 121 cm³/mol. The van der Waals surface area contributed by atoms with E-state index in [1.165, 1.54) is 11.3 Å². The van der Waals surface area contributed by atoms with Gasteiger partial charge in [0.05, 0.1) is 16.9 Å². The van der Waals surface area contributed by atoms with E-state index in [1.807, 2.05) is 24.4 Å². The van der Waals surface area contributed by atoms with E-state index < -0.39 is 24.3 Å². The fraction of sp³-hybridized carbons (Fsp3) is 0.391. The van der Waals surface area contributed by atoms with Crippen molar-refractivity contribution in [2.24, 2.45) is 29.6 Å². The highest BCUT2D eigenvalue weighted by Crippen LogP contribution is 2.68. The molecule has 168 valence electrons. The topological polar surface area (TPSA) is 123 Å². The van der Waals surface area contributed by atoms with Gasteiger partial charge in [0.2, 0.25) is 11.8 Å². The number of thioether (sulfide) groups is 1. The van der Waals surface area contributed by atoms with Crippen LogP contribution < -0.4 is 4.87 Å². The summed E-state index contributed by atoms with van der Waals surface area (Å²) < 4.78 is 0. The van der Waals surface area contributed by atoms with Crippen LogP contribution >= 0.6 is 23.1 Å². The molecular formula is C23H19N3O5S2. The zero-order chi connectivity index (χ0) is 22.6. The smallest absolute Gasteiger partial charge is 0.323 e. The highest BCUT2D eigenvalue weighted by atomic mass is 32.2. The summed E-state index contributed by atoms with van der Waals surface area (Å²) in [5, 5.41) is 11.3. The third-order valence-electron chi connectivity index (χ3n) is 8.06. The number of carbonyl (C=O) groups excluding carboxylic acids is 2. The fourth-order valence-corrected chi connectivity index (χ4v) is 9.95. The van der Waals surface area contributed by atoms with E-state index in [4.69, 9.17) is 0 Å². The van der Waals surface area contributed by atoms with Crippen LogP contribution in [0.1, 0.15) is 22.8 Å². The molecule has 2 bridgehead atoms. The molecule has 0 radical (unpaired) electrons. The largest absolute Gasteiger partial charge is 0.480 e. The average molecular weight is 482 g/mol. The highest BCUT2D eigenvalue weighted by molar-refractivity contribution is 8.00. The van der Waals surface area contributed by atoms with E-state index in [9.17, 15) is 24.3 Å². The Morgan fingerprint density at radius 3 is 2.67 bits per heavy atom. The maximum absolute atomic E-state index is 13.2. The SMILES string of the molecule is O=C(O)CN1C(=O)[C@@H]2[C@H]3C[C@@H]([C@@H]4Sc5[nH]c(=O)sc5[C@@H](c5c[nH]c6ccccc56)[C@@H]34)[C@H]2C1=O. The van der Waals surface area contributed by atoms with Gasteiger partial charge < -0.3 is 15.1 Å². The van der Waals surface area contributed by atoms with Gasteiger partial charge in [-0.15, -0.1) is 11.8 Å². The first kappa shape index (κ1) is 19.6. The van der Waals surface area contributed by atoms with Gasteiger partial charge in [-0.3, -0.25) is 24.1 Å². The summed E-state index contributed by atoms with van der Waals surface area (Å²) in [6.07, 6.45) is 2.80.